The summed E-state index contributed by atoms with van der Waals surface area (Å²) in [5.74, 6) is 0. The van der Waals surface area contributed by atoms with Crippen LogP contribution in [-0.2, 0) is 4.74 Å². The highest BCUT2D eigenvalue weighted by atomic mass is 16.5. The van der Waals surface area contributed by atoms with Gasteiger partial charge in [-0.05, 0) is 19.4 Å². The first-order valence-corrected chi connectivity index (χ1v) is 4.48. The number of allylic oxidation sites excluding steroid dienone is 2. The summed E-state index contributed by atoms with van der Waals surface area (Å²) in [5, 5.41) is 0. The van der Waals surface area contributed by atoms with E-state index < -0.39 is 0 Å². The molecule has 2 rings (SSSR count). The minimum Gasteiger partial charge on any atom is -0.373 e. The van der Waals surface area contributed by atoms with Gasteiger partial charge in [-0.3, -0.25) is 0 Å². The molecule has 2 aliphatic rings. The molecule has 0 amide bonds. The van der Waals surface area contributed by atoms with Crippen molar-refractivity contribution in [1.29, 1.82) is 0 Å². The van der Waals surface area contributed by atoms with Crippen molar-refractivity contribution in [2.75, 3.05) is 20.2 Å². The Labute approximate surface area is 73.5 Å². The van der Waals surface area contributed by atoms with Gasteiger partial charge >= 0.3 is 0 Å². The van der Waals surface area contributed by atoms with Crippen LogP contribution in [0.5, 0.6) is 0 Å². The van der Waals surface area contributed by atoms with Crippen molar-refractivity contribution in [3.05, 3.63) is 23.4 Å². The number of morpholine rings is 1. The van der Waals surface area contributed by atoms with Crippen LogP contribution in [0.3, 0.4) is 0 Å². The summed E-state index contributed by atoms with van der Waals surface area (Å²) in [6, 6.07) is 0. The summed E-state index contributed by atoms with van der Waals surface area (Å²) in [6.45, 7) is 4.03. The summed E-state index contributed by atoms with van der Waals surface area (Å²) in [4.78, 5) is 2.30. The van der Waals surface area contributed by atoms with E-state index >= 15 is 0 Å². The Morgan fingerprint density at radius 2 is 2.42 bits per heavy atom. The molecule has 1 aliphatic carbocycles. The van der Waals surface area contributed by atoms with E-state index in [4.69, 9.17) is 4.74 Å². The fraction of sp³-hybridized carbons (Fsp3) is 0.600. The molecule has 12 heavy (non-hydrogen) atoms. The summed E-state index contributed by atoms with van der Waals surface area (Å²) < 4.78 is 5.65. The summed E-state index contributed by atoms with van der Waals surface area (Å²) >= 11 is 0. The van der Waals surface area contributed by atoms with Gasteiger partial charge in [0.1, 0.15) is 6.10 Å². The smallest absolute Gasteiger partial charge is 0.101 e. The molecule has 0 bridgehead atoms. The Hall–Kier alpha value is -0.760. The summed E-state index contributed by atoms with van der Waals surface area (Å²) in [6.07, 6.45) is 5.84. The number of hydrogen-bond donors (Lipinski definition) is 0. The second-order valence-electron chi connectivity index (χ2n) is 3.53. The molecule has 1 aliphatic heterocycles. The van der Waals surface area contributed by atoms with E-state index in [0.717, 1.165) is 19.6 Å². The lowest BCUT2D eigenvalue weighted by molar-refractivity contribution is 0.0158. The van der Waals surface area contributed by atoms with E-state index in [1.165, 1.54) is 11.3 Å². The summed E-state index contributed by atoms with van der Waals surface area (Å²) in [7, 11) is 2.14. The predicted molar refractivity (Wildman–Crippen MR) is 48.8 cm³/mol. The largest absolute Gasteiger partial charge is 0.373 e. The minimum atomic E-state index is 0.326. The van der Waals surface area contributed by atoms with Crippen LogP contribution in [0, 0.1) is 0 Å². The van der Waals surface area contributed by atoms with E-state index in [-0.39, 0.29) is 0 Å². The van der Waals surface area contributed by atoms with Crippen LogP contribution in [0.25, 0.3) is 0 Å². The van der Waals surface area contributed by atoms with Gasteiger partial charge in [0.25, 0.3) is 0 Å². The fourth-order valence-corrected chi connectivity index (χ4v) is 1.77. The van der Waals surface area contributed by atoms with Crippen LogP contribution >= 0.6 is 0 Å². The Morgan fingerprint density at radius 3 is 3.25 bits per heavy atom. The van der Waals surface area contributed by atoms with Crippen molar-refractivity contribution in [2.45, 2.75) is 19.4 Å². The minimum absolute atomic E-state index is 0.326. The third-order valence-corrected chi connectivity index (χ3v) is 2.55. The van der Waals surface area contributed by atoms with Gasteiger partial charge in [0.05, 0.1) is 6.61 Å². The molecule has 0 spiro atoms. The molecule has 2 heteroatoms. The lowest BCUT2D eigenvalue weighted by Gasteiger charge is -2.36. The van der Waals surface area contributed by atoms with E-state index in [0.29, 0.717) is 6.10 Å². The highest BCUT2D eigenvalue weighted by Crippen LogP contribution is 2.25. The molecular formula is C10H15NO. The van der Waals surface area contributed by atoms with Crippen LogP contribution in [-0.4, -0.2) is 31.2 Å². The van der Waals surface area contributed by atoms with E-state index in [1.807, 2.05) is 0 Å². The predicted octanol–water partition coefficient (Wildman–Crippen LogP) is 1.55. The normalized spacial score (nSPS) is 29.2. The average molecular weight is 165 g/mol. The number of hydrogen-bond acceptors (Lipinski definition) is 2. The fourth-order valence-electron chi connectivity index (χ4n) is 1.77. The molecule has 0 aromatic carbocycles. The van der Waals surface area contributed by atoms with Gasteiger partial charge in [-0.2, -0.15) is 0 Å². The van der Waals surface area contributed by atoms with Gasteiger partial charge < -0.3 is 9.64 Å². The maximum absolute atomic E-state index is 5.65. The number of ether oxygens (including phenoxy) is 1. The molecule has 1 fully saturated rings. The molecule has 0 aromatic heterocycles. The van der Waals surface area contributed by atoms with Crippen molar-refractivity contribution >= 4 is 0 Å². The Bertz CT molecular complexity index is 242. The van der Waals surface area contributed by atoms with Crippen LogP contribution in [0.15, 0.2) is 23.4 Å². The quantitative estimate of drug-likeness (QED) is 0.540. The third-order valence-electron chi connectivity index (χ3n) is 2.55. The van der Waals surface area contributed by atoms with Crippen molar-refractivity contribution < 1.29 is 4.74 Å². The van der Waals surface area contributed by atoms with E-state index in [1.54, 1.807) is 0 Å². The zero-order valence-corrected chi connectivity index (χ0v) is 7.71. The molecule has 0 N–H and O–H groups in total. The molecule has 1 atom stereocenters. The Balaban J connectivity index is 2.23. The number of rotatable bonds is 0. The third kappa shape index (κ3) is 1.27. The van der Waals surface area contributed by atoms with Crippen LogP contribution in [0.2, 0.25) is 0 Å². The number of likely N-dealkylation sites (N-methyl/N-ethyl adjacent to an activating group) is 1. The Kier molecular flexibility index (Phi) is 1.93. The van der Waals surface area contributed by atoms with Crippen molar-refractivity contribution in [3.8, 4) is 0 Å². The highest BCUT2D eigenvalue weighted by Gasteiger charge is 2.24. The Morgan fingerprint density at radius 1 is 1.58 bits per heavy atom. The lowest BCUT2D eigenvalue weighted by atomic mass is 10.0. The molecule has 1 heterocycles. The molecule has 0 saturated carbocycles. The van der Waals surface area contributed by atoms with E-state index in [2.05, 4.69) is 31.0 Å². The van der Waals surface area contributed by atoms with Crippen LogP contribution < -0.4 is 0 Å². The number of nitrogens with zero attached hydrogens (tertiary/aromatic N) is 1. The van der Waals surface area contributed by atoms with Crippen LogP contribution in [0.1, 0.15) is 13.3 Å². The van der Waals surface area contributed by atoms with Gasteiger partial charge in [-0.25, -0.2) is 0 Å². The van der Waals surface area contributed by atoms with Crippen LogP contribution in [0.4, 0.5) is 0 Å². The molecular weight excluding hydrogens is 150 g/mol. The standard InChI is InChI=1S/C10H15NO/c1-8-3-4-10-9(7-8)11(2)5-6-12-10/h3,7,10H,4-6H2,1-2H3. The first kappa shape index (κ1) is 7.87. The maximum atomic E-state index is 5.65. The zero-order chi connectivity index (χ0) is 8.55. The average Bonchev–Trinajstić information content (AvgIpc) is 2.07. The van der Waals surface area contributed by atoms with Gasteiger partial charge in [0.15, 0.2) is 0 Å². The molecule has 1 saturated heterocycles. The lowest BCUT2D eigenvalue weighted by Crippen LogP contribution is -2.38. The maximum Gasteiger partial charge on any atom is 0.101 e. The van der Waals surface area contributed by atoms with Gasteiger partial charge in [-0.15, -0.1) is 0 Å². The summed E-state index contributed by atoms with van der Waals surface area (Å²) in [5.41, 5.74) is 2.71. The zero-order valence-electron chi connectivity index (χ0n) is 7.71. The van der Waals surface area contributed by atoms with Gasteiger partial charge in [0.2, 0.25) is 0 Å². The first-order valence-electron chi connectivity index (χ1n) is 4.48. The molecule has 1 unspecified atom stereocenters. The molecule has 0 radical (unpaired) electrons. The monoisotopic (exact) mass is 165 g/mol. The van der Waals surface area contributed by atoms with Gasteiger partial charge in [0, 0.05) is 19.3 Å². The second-order valence-corrected chi connectivity index (χ2v) is 3.53. The van der Waals surface area contributed by atoms with Gasteiger partial charge in [-0.1, -0.05) is 11.6 Å². The first-order chi connectivity index (χ1) is 5.77. The second kappa shape index (κ2) is 2.94. The molecule has 66 valence electrons. The highest BCUT2D eigenvalue weighted by molar-refractivity contribution is 5.29. The molecule has 0 aromatic rings. The van der Waals surface area contributed by atoms with Crippen molar-refractivity contribution in [1.82, 2.24) is 4.90 Å². The van der Waals surface area contributed by atoms with Crippen molar-refractivity contribution in [2.24, 2.45) is 0 Å². The number of fused-ring (bicyclic) bond motifs is 1. The van der Waals surface area contributed by atoms with E-state index in [9.17, 15) is 0 Å². The van der Waals surface area contributed by atoms with Crippen molar-refractivity contribution in [3.63, 3.8) is 0 Å². The topological polar surface area (TPSA) is 12.5 Å². The molecule has 2 nitrogen and oxygen atoms in total. The SMILES string of the molecule is CC1=CCC2OCCN(C)C2=C1.